The first-order valence-electron chi connectivity index (χ1n) is 9.58. The van der Waals surface area contributed by atoms with Crippen LogP contribution in [0.5, 0.6) is 0 Å². The van der Waals surface area contributed by atoms with Crippen molar-refractivity contribution >= 4 is 29.9 Å². The summed E-state index contributed by atoms with van der Waals surface area (Å²) in [4.78, 5) is 6.82. The molecule has 1 aromatic rings. The van der Waals surface area contributed by atoms with Crippen LogP contribution in [0.15, 0.2) is 27.8 Å². The van der Waals surface area contributed by atoms with Crippen LogP contribution in [0.1, 0.15) is 31.6 Å². The third kappa shape index (κ3) is 9.27. The molecule has 0 saturated carbocycles. The minimum absolute atomic E-state index is 0. The molecule has 1 aliphatic rings. The quantitative estimate of drug-likeness (QED) is 0.213. The van der Waals surface area contributed by atoms with Crippen LogP contribution in [0.4, 0.5) is 0 Å². The Morgan fingerprint density at radius 1 is 1.41 bits per heavy atom. The molecule has 1 saturated heterocycles. The van der Waals surface area contributed by atoms with Crippen LogP contribution in [0.25, 0.3) is 0 Å². The van der Waals surface area contributed by atoms with E-state index in [-0.39, 0.29) is 30.0 Å². The van der Waals surface area contributed by atoms with Gasteiger partial charge in [0.05, 0.1) is 32.1 Å². The van der Waals surface area contributed by atoms with E-state index in [0.717, 1.165) is 64.1 Å². The highest BCUT2D eigenvalue weighted by atomic mass is 127. The molecule has 2 N–H and O–H groups in total. The second-order valence-corrected chi connectivity index (χ2v) is 6.80. The van der Waals surface area contributed by atoms with E-state index in [1.54, 1.807) is 6.26 Å². The van der Waals surface area contributed by atoms with Gasteiger partial charge in [0, 0.05) is 32.2 Å². The maximum Gasteiger partial charge on any atom is 0.191 e. The summed E-state index contributed by atoms with van der Waals surface area (Å²) in [6, 6.07) is 4.03. The molecule has 0 radical (unpaired) electrons. The summed E-state index contributed by atoms with van der Waals surface area (Å²) in [6.45, 7) is 7.66. The van der Waals surface area contributed by atoms with Gasteiger partial charge in [-0.25, -0.2) is 0 Å². The SMILES string of the molecule is CCNC(=NCC(c1ccco1)N(C)C)NCCCOCC1CCOC1.I. The summed E-state index contributed by atoms with van der Waals surface area (Å²) in [5.41, 5.74) is 0. The van der Waals surface area contributed by atoms with Crippen LogP contribution in [0, 0.1) is 5.92 Å². The predicted octanol–water partition coefficient (Wildman–Crippen LogP) is 2.50. The monoisotopic (exact) mass is 494 g/mol. The number of nitrogens with zero attached hydrogens (tertiary/aromatic N) is 2. The summed E-state index contributed by atoms with van der Waals surface area (Å²) < 4.78 is 16.6. The molecule has 2 atom stereocenters. The van der Waals surface area contributed by atoms with Gasteiger partial charge in [-0.05, 0) is 46.0 Å². The third-order valence-electron chi connectivity index (χ3n) is 4.40. The largest absolute Gasteiger partial charge is 0.468 e. The molecule has 0 aliphatic carbocycles. The van der Waals surface area contributed by atoms with Gasteiger partial charge < -0.3 is 24.5 Å². The molecule has 0 amide bonds. The Morgan fingerprint density at radius 3 is 2.89 bits per heavy atom. The van der Waals surface area contributed by atoms with Gasteiger partial charge in [-0.1, -0.05) is 0 Å². The van der Waals surface area contributed by atoms with E-state index in [2.05, 4.69) is 22.5 Å². The van der Waals surface area contributed by atoms with E-state index in [9.17, 15) is 0 Å². The average molecular weight is 494 g/mol. The Labute approximate surface area is 180 Å². The van der Waals surface area contributed by atoms with E-state index < -0.39 is 0 Å². The zero-order valence-corrected chi connectivity index (χ0v) is 19.1. The molecule has 2 heterocycles. The van der Waals surface area contributed by atoms with Crippen LogP contribution in [-0.4, -0.2) is 71.0 Å². The van der Waals surface area contributed by atoms with Crippen molar-refractivity contribution < 1.29 is 13.9 Å². The number of halogens is 1. The number of ether oxygens (including phenoxy) is 2. The van der Waals surface area contributed by atoms with Crippen molar-refractivity contribution in [2.75, 3.05) is 60.2 Å². The second-order valence-electron chi connectivity index (χ2n) is 6.80. The second kappa shape index (κ2) is 14.2. The summed E-state index contributed by atoms with van der Waals surface area (Å²) >= 11 is 0. The first-order chi connectivity index (χ1) is 12.7. The normalized spacial score (nSPS) is 18.4. The molecule has 1 aromatic heterocycles. The minimum atomic E-state index is 0. The van der Waals surface area contributed by atoms with Crippen molar-refractivity contribution in [1.29, 1.82) is 0 Å². The molecule has 2 unspecified atom stereocenters. The van der Waals surface area contributed by atoms with Crippen LogP contribution in [0.3, 0.4) is 0 Å². The number of nitrogens with one attached hydrogen (secondary N) is 2. The number of hydrogen-bond acceptors (Lipinski definition) is 5. The number of rotatable bonds is 11. The van der Waals surface area contributed by atoms with Gasteiger partial charge in [0.25, 0.3) is 0 Å². The maximum atomic E-state index is 5.74. The zero-order valence-electron chi connectivity index (χ0n) is 16.8. The number of aliphatic imine (C=N–C) groups is 1. The van der Waals surface area contributed by atoms with Crippen molar-refractivity contribution in [3.05, 3.63) is 24.2 Å². The van der Waals surface area contributed by atoms with Gasteiger partial charge in [0.1, 0.15) is 5.76 Å². The number of hydrogen-bond donors (Lipinski definition) is 2. The molecular formula is C19H35IN4O3. The summed E-state index contributed by atoms with van der Waals surface area (Å²) in [5, 5.41) is 6.66. The molecule has 156 valence electrons. The zero-order chi connectivity index (χ0) is 18.6. The Bertz CT molecular complexity index is 505. The number of likely N-dealkylation sites (N-methyl/N-ethyl adjacent to an activating group) is 1. The molecule has 1 aliphatic heterocycles. The topological polar surface area (TPSA) is 71.3 Å². The number of furan rings is 1. The molecular weight excluding hydrogens is 459 g/mol. The standard InChI is InChI=1S/C19H34N4O3.HI/c1-4-20-19(21-9-6-10-24-14-16-8-12-25-15-16)22-13-17(23(2)3)18-7-5-11-26-18;/h5,7,11,16-17H,4,6,8-10,12-15H2,1-3H3,(H2,20,21,22);1H. The lowest BCUT2D eigenvalue weighted by Crippen LogP contribution is -2.38. The highest BCUT2D eigenvalue weighted by Gasteiger charge is 2.17. The third-order valence-corrected chi connectivity index (χ3v) is 4.40. The van der Waals surface area contributed by atoms with E-state index in [1.807, 2.05) is 26.2 Å². The first-order valence-corrected chi connectivity index (χ1v) is 9.58. The highest BCUT2D eigenvalue weighted by molar-refractivity contribution is 14.0. The van der Waals surface area contributed by atoms with Crippen molar-refractivity contribution in [3.8, 4) is 0 Å². The van der Waals surface area contributed by atoms with Crippen molar-refractivity contribution in [2.45, 2.75) is 25.8 Å². The Hall–Kier alpha value is -0.840. The molecule has 8 heteroatoms. The predicted molar refractivity (Wildman–Crippen MR) is 119 cm³/mol. The minimum Gasteiger partial charge on any atom is -0.468 e. The fourth-order valence-electron chi connectivity index (χ4n) is 2.85. The van der Waals surface area contributed by atoms with Crippen LogP contribution in [0.2, 0.25) is 0 Å². The Kier molecular flexibility index (Phi) is 12.7. The Morgan fingerprint density at radius 2 is 2.26 bits per heavy atom. The van der Waals surface area contributed by atoms with Gasteiger partial charge in [-0.2, -0.15) is 0 Å². The van der Waals surface area contributed by atoms with Crippen molar-refractivity contribution in [2.24, 2.45) is 10.9 Å². The van der Waals surface area contributed by atoms with Gasteiger partial charge >= 0.3 is 0 Å². The maximum absolute atomic E-state index is 5.74. The summed E-state index contributed by atoms with van der Waals surface area (Å²) in [6.07, 6.45) is 3.78. The smallest absolute Gasteiger partial charge is 0.191 e. The van der Waals surface area contributed by atoms with E-state index >= 15 is 0 Å². The first kappa shape index (κ1) is 24.2. The van der Waals surface area contributed by atoms with Gasteiger partial charge in [-0.15, -0.1) is 24.0 Å². The summed E-state index contributed by atoms with van der Waals surface area (Å²) in [7, 11) is 4.07. The van der Waals surface area contributed by atoms with Gasteiger partial charge in [-0.3, -0.25) is 9.89 Å². The molecule has 2 rings (SSSR count). The van der Waals surface area contributed by atoms with Crippen molar-refractivity contribution in [1.82, 2.24) is 15.5 Å². The Balaban J connectivity index is 0.00000364. The highest BCUT2D eigenvalue weighted by Crippen LogP contribution is 2.18. The van der Waals surface area contributed by atoms with Crippen LogP contribution in [-0.2, 0) is 9.47 Å². The molecule has 7 nitrogen and oxygen atoms in total. The lowest BCUT2D eigenvalue weighted by atomic mass is 10.1. The average Bonchev–Trinajstić information content (AvgIpc) is 3.31. The number of guanidine groups is 1. The van der Waals surface area contributed by atoms with Gasteiger partial charge in [0.2, 0.25) is 0 Å². The molecule has 0 aromatic carbocycles. The van der Waals surface area contributed by atoms with Crippen molar-refractivity contribution in [3.63, 3.8) is 0 Å². The molecule has 0 spiro atoms. The van der Waals surface area contributed by atoms with E-state index in [4.69, 9.17) is 18.9 Å². The van der Waals surface area contributed by atoms with Gasteiger partial charge in [0.15, 0.2) is 5.96 Å². The lowest BCUT2D eigenvalue weighted by Gasteiger charge is -2.21. The fourth-order valence-corrected chi connectivity index (χ4v) is 2.85. The molecule has 27 heavy (non-hydrogen) atoms. The van der Waals surface area contributed by atoms with Crippen LogP contribution < -0.4 is 10.6 Å². The van der Waals surface area contributed by atoms with E-state index in [1.165, 1.54) is 0 Å². The van der Waals surface area contributed by atoms with Crippen LogP contribution >= 0.6 is 24.0 Å². The fraction of sp³-hybridized carbons (Fsp3) is 0.737. The molecule has 1 fully saturated rings. The molecule has 0 bridgehead atoms. The summed E-state index contributed by atoms with van der Waals surface area (Å²) in [5.74, 6) is 2.33. The lowest BCUT2D eigenvalue weighted by molar-refractivity contribution is 0.0888. The van der Waals surface area contributed by atoms with E-state index in [0.29, 0.717) is 12.5 Å².